The van der Waals surface area contributed by atoms with Crippen LogP contribution in [0.25, 0.3) is 0 Å². The summed E-state index contributed by atoms with van der Waals surface area (Å²) >= 11 is 0. The van der Waals surface area contributed by atoms with Gasteiger partial charge >= 0.3 is 6.03 Å². The van der Waals surface area contributed by atoms with E-state index in [9.17, 15) is 9.59 Å². The van der Waals surface area contributed by atoms with Crippen molar-refractivity contribution in [3.8, 4) is 11.5 Å². The van der Waals surface area contributed by atoms with Gasteiger partial charge in [0, 0.05) is 31.8 Å². The maximum Gasteiger partial charge on any atom is 0.318 e. The third-order valence-electron chi connectivity index (χ3n) is 2.74. The van der Waals surface area contributed by atoms with Crippen molar-refractivity contribution in [2.24, 2.45) is 5.73 Å². The molecule has 0 radical (unpaired) electrons. The van der Waals surface area contributed by atoms with Crippen LogP contribution >= 0.6 is 0 Å². The van der Waals surface area contributed by atoms with Crippen LogP contribution in [0, 0.1) is 0 Å². The van der Waals surface area contributed by atoms with Crippen LogP contribution in [0.5, 0.6) is 11.5 Å². The lowest BCUT2D eigenvalue weighted by molar-refractivity contribution is -0.119. The minimum atomic E-state index is -0.844. The quantitative estimate of drug-likeness (QED) is 0.801. The molecule has 0 aromatic heterocycles. The average Bonchev–Trinajstić information content (AvgIpc) is 2.43. The van der Waals surface area contributed by atoms with Gasteiger partial charge in [0.2, 0.25) is 5.91 Å². The number of urea groups is 1. The third-order valence-corrected chi connectivity index (χ3v) is 2.74. The predicted molar refractivity (Wildman–Crippen MR) is 75.2 cm³/mol. The van der Waals surface area contributed by atoms with Gasteiger partial charge in [0.1, 0.15) is 0 Å². The van der Waals surface area contributed by atoms with Gasteiger partial charge in [-0.05, 0) is 12.1 Å². The Bertz CT molecular complexity index is 491. The highest BCUT2D eigenvalue weighted by atomic mass is 16.5. The van der Waals surface area contributed by atoms with E-state index in [4.69, 9.17) is 15.2 Å². The number of ether oxygens (including phenoxy) is 2. The van der Waals surface area contributed by atoms with Crippen molar-refractivity contribution < 1.29 is 19.1 Å². The van der Waals surface area contributed by atoms with E-state index in [1.165, 1.54) is 0 Å². The Morgan fingerprint density at radius 2 is 1.90 bits per heavy atom. The third kappa shape index (κ3) is 4.34. The molecule has 0 aliphatic rings. The first kappa shape index (κ1) is 15.6. The number of rotatable bonds is 6. The lowest BCUT2D eigenvalue weighted by Gasteiger charge is -2.20. The van der Waals surface area contributed by atoms with Crippen molar-refractivity contribution in [3.63, 3.8) is 0 Å². The van der Waals surface area contributed by atoms with Gasteiger partial charge < -0.3 is 20.1 Å². The fraction of sp³-hybridized carbons (Fsp3) is 0.385. The molecule has 20 heavy (non-hydrogen) atoms. The molecule has 7 nitrogen and oxygen atoms in total. The van der Waals surface area contributed by atoms with E-state index in [1.807, 2.05) is 29.4 Å². The van der Waals surface area contributed by atoms with Crippen LogP contribution in [0.4, 0.5) is 10.5 Å². The summed E-state index contributed by atoms with van der Waals surface area (Å²) in [5.74, 6) is 0.833. The number of imide groups is 1. The molecule has 0 saturated carbocycles. The molecule has 3 amide bonds. The Morgan fingerprint density at radius 3 is 2.45 bits per heavy atom. The molecule has 1 aromatic carbocycles. The molecule has 0 spiro atoms. The highest BCUT2D eigenvalue weighted by molar-refractivity contribution is 5.93. The molecule has 3 N–H and O–H groups in total. The van der Waals surface area contributed by atoms with Gasteiger partial charge in [-0.2, -0.15) is 0 Å². The van der Waals surface area contributed by atoms with Gasteiger partial charge in [0.15, 0.2) is 11.5 Å². The molecule has 1 rings (SSSR count). The summed E-state index contributed by atoms with van der Waals surface area (Å²) in [7, 11) is 4.95. The number of nitrogens with zero attached hydrogens (tertiary/aromatic N) is 1. The SMILES string of the molecule is COc1ccc(N(C)CCC(=O)NC(N)=O)cc1OC. The van der Waals surface area contributed by atoms with Crippen molar-refractivity contribution in [1.82, 2.24) is 5.32 Å². The fourth-order valence-electron chi connectivity index (χ4n) is 1.66. The zero-order valence-electron chi connectivity index (χ0n) is 11.8. The molecule has 0 aliphatic carbocycles. The summed E-state index contributed by atoms with van der Waals surface area (Å²) in [6, 6.07) is 4.61. The number of amides is 3. The Balaban J connectivity index is 2.65. The van der Waals surface area contributed by atoms with E-state index >= 15 is 0 Å². The topological polar surface area (TPSA) is 93.9 Å². The number of benzene rings is 1. The molecule has 110 valence electrons. The van der Waals surface area contributed by atoms with Crippen molar-refractivity contribution >= 4 is 17.6 Å². The molecule has 0 atom stereocenters. The molecule has 0 bridgehead atoms. The monoisotopic (exact) mass is 281 g/mol. The van der Waals surface area contributed by atoms with Crippen LogP contribution in [-0.4, -0.2) is 39.8 Å². The molecule has 0 unspecified atom stereocenters. The highest BCUT2D eigenvalue weighted by Crippen LogP contribution is 2.31. The van der Waals surface area contributed by atoms with Gasteiger partial charge in [-0.15, -0.1) is 0 Å². The van der Waals surface area contributed by atoms with Crippen LogP contribution in [-0.2, 0) is 4.79 Å². The highest BCUT2D eigenvalue weighted by Gasteiger charge is 2.10. The first-order valence-electron chi connectivity index (χ1n) is 6.00. The number of primary amides is 1. The molecule has 0 heterocycles. The molecule has 7 heteroatoms. The maximum atomic E-state index is 11.3. The lowest BCUT2D eigenvalue weighted by Crippen LogP contribution is -2.36. The predicted octanol–water partition coefficient (Wildman–Crippen LogP) is 0.725. The van der Waals surface area contributed by atoms with Crippen LogP contribution in [0.1, 0.15) is 6.42 Å². The molecule has 0 saturated heterocycles. The van der Waals surface area contributed by atoms with Crippen molar-refractivity contribution in [2.45, 2.75) is 6.42 Å². The normalized spacial score (nSPS) is 9.75. The number of hydrogen-bond acceptors (Lipinski definition) is 5. The summed E-state index contributed by atoms with van der Waals surface area (Å²) in [4.78, 5) is 23.7. The zero-order valence-corrected chi connectivity index (χ0v) is 11.8. The van der Waals surface area contributed by atoms with Gasteiger partial charge in [0.25, 0.3) is 0 Å². The van der Waals surface area contributed by atoms with Crippen LogP contribution in [0.3, 0.4) is 0 Å². The summed E-state index contributed by atoms with van der Waals surface area (Å²) in [5, 5.41) is 2.02. The summed E-state index contributed by atoms with van der Waals surface area (Å²) < 4.78 is 10.4. The number of hydrogen-bond donors (Lipinski definition) is 2. The number of carbonyl (C=O) groups excluding carboxylic acids is 2. The van der Waals surface area contributed by atoms with Crippen LogP contribution < -0.4 is 25.4 Å². The maximum absolute atomic E-state index is 11.3. The Kier molecular flexibility index (Phi) is 5.64. The minimum absolute atomic E-state index is 0.161. The molecular weight excluding hydrogens is 262 g/mol. The molecule has 0 fully saturated rings. The fourth-order valence-corrected chi connectivity index (χ4v) is 1.66. The zero-order chi connectivity index (χ0) is 15.1. The van der Waals surface area contributed by atoms with Crippen molar-refractivity contribution in [3.05, 3.63) is 18.2 Å². The lowest BCUT2D eigenvalue weighted by atomic mass is 10.2. The Hall–Kier alpha value is -2.44. The summed E-state index contributed by atoms with van der Waals surface area (Å²) in [6.45, 7) is 0.439. The number of carbonyl (C=O) groups is 2. The standard InChI is InChI=1S/C13H19N3O4/c1-16(7-6-12(17)15-13(14)18)9-4-5-10(19-2)11(8-9)20-3/h4-5,8H,6-7H2,1-3H3,(H3,14,15,17,18). The second kappa shape index (κ2) is 7.22. The van der Waals surface area contributed by atoms with E-state index in [2.05, 4.69) is 0 Å². The van der Waals surface area contributed by atoms with Crippen LogP contribution in [0.2, 0.25) is 0 Å². The largest absolute Gasteiger partial charge is 0.493 e. The first-order chi connectivity index (χ1) is 9.47. The van der Waals surface area contributed by atoms with E-state index in [0.717, 1.165) is 5.69 Å². The van der Waals surface area contributed by atoms with Crippen molar-refractivity contribution in [2.75, 3.05) is 32.7 Å². The second-order valence-corrected chi connectivity index (χ2v) is 4.12. The summed E-state index contributed by atoms with van der Waals surface area (Å²) in [5.41, 5.74) is 5.74. The Morgan fingerprint density at radius 1 is 1.25 bits per heavy atom. The van der Waals surface area contributed by atoms with Gasteiger partial charge in [-0.25, -0.2) is 4.79 Å². The number of anilines is 1. The van der Waals surface area contributed by atoms with Crippen LogP contribution in [0.15, 0.2) is 18.2 Å². The van der Waals surface area contributed by atoms with E-state index in [-0.39, 0.29) is 6.42 Å². The Labute approximate surface area is 117 Å². The second-order valence-electron chi connectivity index (χ2n) is 4.12. The number of nitrogens with two attached hydrogens (primary N) is 1. The van der Waals surface area contributed by atoms with E-state index in [0.29, 0.717) is 18.0 Å². The average molecular weight is 281 g/mol. The minimum Gasteiger partial charge on any atom is -0.493 e. The van der Waals surface area contributed by atoms with E-state index < -0.39 is 11.9 Å². The van der Waals surface area contributed by atoms with Crippen molar-refractivity contribution in [1.29, 1.82) is 0 Å². The van der Waals surface area contributed by atoms with E-state index in [1.54, 1.807) is 20.3 Å². The molecule has 0 aliphatic heterocycles. The number of nitrogens with one attached hydrogen (secondary N) is 1. The number of methoxy groups -OCH3 is 2. The van der Waals surface area contributed by atoms with Gasteiger partial charge in [-0.3, -0.25) is 10.1 Å². The summed E-state index contributed by atoms with van der Waals surface area (Å²) in [6.07, 6.45) is 0.161. The van der Waals surface area contributed by atoms with Gasteiger partial charge in [0.05, 0.1) is 14.2 Å². The van der Waals surface area contributed by atoms with Gasteiger partial charge in [-0.1, -0.05) is 0 Å². The smallest absolute Gasteiger partial charge is 0.318 e. The molecular formula is C13H19N3O4. The first-order valence-corrected chi connectivity index (χ1v) is 6.00. The molecule has 1 aromatic rings.